The van der Waals surface area contributed by atoms with E-state index < -0.39 is 0 Å². The van der Waals surface area contributed by atoms with Gasteiger partial charge in [-0.15, -0.1) is 0 Å². The van der Waals surface area contributed by atoms with Crippen molar-refractivity contribution < 1.29 is 4.79 Å². The first-order valence-electron chi connectivity index (χ1n) is 6.43. The van der Waals surface area contributed by atoms with Crippen LogP contribution in [0.4, 0.5) is 0 Å². The van der Waals surface area contributed by atoms with Gasteiger partial charge in [0.05, 0.1) is 0 Å². The third-order valence-electron chi connectivity index (χ3n) is 2.70. The molecule has 2 aromatic carbocycles. The SMILES string of the molecule is CC(C)=NNC(=S)NNC(=O)c1cccc2ccccc12. The van der Waals surface area contributed by atoms with Crippen LogP contribution in [0.2, 0.25) is 0 Å². The van der Waals surface area contributed by atoms with Gasteiger partial charge in [-0.2, -0.15) is 5.10 Å². The lowest BCUT2D eigenvalue weighted by Crippen LogP contribution is -2.45. The molecule has 0 aliphatic rings. The van der Waals surface area contributed by atoms with Crippen molar-refractivity contribution in [3.8, 4) is 0 Å². The molecule has 0 radical (unpaired) electrons. The van der Waals surface area contributed by atoms with Crippen LogP contribution < -0.4 is 16.3 Å². The molecule has 108 valence electrons. The summed E-state index contributed by atoms with van der Waals surface area (Å²) in [7, 11) is 0. The number of nitrogens with one attached hydrogen (secondary N) is 3. The van der Waals surface area contributed by atoms with E-state index in [0.29, 0.717) is 5.56 Å². The molecule has 6 heteroatoms. The van der Waals surface area contributed by atoms with Crippen molar-refractivity contribution in [2.45, 2.75) is 13.8 Å². The zero-order chi connectivity index (χ0) is 15.2. The van der Waals surface area contributed by atoms with E-state index in [2.05, 4.69) is 21.4 Å². The summed E-state index contributed by atoms with van der Waals surface area (Å²) in [4.78, 5) is 12.2. The first-order chi connectivity index (χ1) is 10.1. The molecule has 0 aliphatic heterocycles. The summed E-state index contributed by atoms with van der Waals surface area (Å²) in [6.45, 7) is 3.68. The third kappa shape index (κ3) is 4.00. The first-order valence-corrected chi connectivity index (χ1v) is 6.84. The van der Waals surface area contributed by atoms with Crippen molar-refractivity contribution in [1.82, 2.24) is 16.3 Å². The summed E-state index contributed by atoms with van der Waals surface area (Å²) in [5.41, 5.74) is 9.20. The minimum atomic E-state index is -0.256. The lowest BCUT2D eigenvalue weighted by Gasteiger charge is -2.10. The van der Waals surface area contributed by atoms with Gasteiger partial charge >= 0.3 is 0 Å². The molecule has 0 aliphatic carbocycles. The molecule has 0 spiro atoms. The Labute approximate surface area is 128 Å². The maximum absolute atomic E-state index is 12.2. The number of hydrogen-bond acceptors (Lipinski definition) is 3. The molecule has 0 saturated heterocycles. The lowest BCUT2D eigenvalue weighted by atomic mass is 10.0. The maximum Gasteiger partial charge on any atom is 0.270 e. The average Bonchev–Trinajstić information content (AvgIpc) is 2.50. The van der Waals surface area contributed by atoms with E-state index in [1.807, 2.05) is 50.2 Å². The fourth-order valence-corrected chi connectivity index (χ4v) is 1.89. The molecule has 0 aromatic heterocycles. The molecule has 3 N–H and O–H groups in total. The first kappa shape index (κ1) is 14.9. The Kier molecular flexibility index (Phi) is 4.84. The second-order valence-electron chi connectivity index (χ2n) is 4.61. The second kappa shape index (κ2) is 6.81. The van der Waals surface area contributed by atoms with Crippen LogP contribution >= 0.6 is 12.2 Å². The summed E-state index contributed by atoms with van der Waals surface area (Å²) in [5, 5.41) is 6.06. The summed E-state index contributed by atoms with van der Waals surface area (Å²) >= 11 is 4.99. The van der Waals surface area contributed by atoms with Gasteiger partial charge in [-0.3, -0.25) is 21.1 Å². The zero-order valence-corrected chi connectivity index (χ0v) is 12.6. The Bertz CT molecular complexity index is 702. The molecule has 0 unspecified atom stereocenters. The minimum Gasteiger partial charge on any atom is -0.273 e. The van der Waals surface area contributed by atoms with Crippen LogP contribution in [0.15, 0.2) is 47.6 Å². The van der Waals surface area contributed by atoms with E-state index in [-0.39, 0.29) is 11.0 Å². The van der Waals surface area contributed by atoms with Gasteiger partial charge in [0.15, 0.2) is 0 Å². The summed E-state index contributed by atoms with van der Waals surface area (Å²) in [6, 6.07) is 13.3. The number of hydrazone groups is 1. The van der Waals surface area contributed by atoms with Crippen molar-refractivity contribution in [3.63, 3.8) is 0 Å². The van der Waals surface area contributed by atoms with Crippen LogP contribution in [0.5, 0.6) is 0 Å². The Balaban J connectivity index is 2.06. The molecule has 2 aromatic rings. The highest BCUT2D eigenvalue weighted by atomic mass is 32.1. The van der Waals surface area contributed by atoms with E-state index in [0.717, 1.165) is 16.5 Å². The molecule has 1 amide bonds. The zero-order valence-electron chi connectivity index (χ0n) is 11.8. The number of carbonyl (C=O) groups excluding carboxylic acids is 1. The number of fused-ring (bicyclic) bond motifs is 1. The van der Waals surface area contributed by atoms with Crippen LogP contribution in [0.25, 0.3) is 10.8 Å². The molecule has 0 saturated carbocycles. The highest BCUT2D eigenvalue weighted by Gasteiger charge is 2.09. The van der Waals surface area contributed by atoms with Crippen molar-refractivity contribution >= 4 is 39.7 Å². The third-order valence-corrected chi connectivity index (χ3v) is 2.90. The van der Waals surface area contributed by atoms with E-state index >= 15 is 0 Å². The number of hydrazine groups is 1. The smallest absolute Gasteiger partial charge is 0.270 e. The molecule has 2 rings (SSSR count). The van der Waals surface area contributed by atoms with Crippen LogP contribution in [-0.4, -0.2) is 16.7 Å². The van der Waals surface area contributed by atoms with Crippen LogP contribution in [0.1, 0.15) is 24.2 Å². The quantitative estimate of drug-likeness (QED) is 0.452. The normalized spacial score (nSPS) is 9.81. The van der Waals surface area contributed by atoms with Crippen LogP contribution in [0.3, 0.4) is 0 Å². The van der Waals surface area contributed by atoms with Crippen molar-refractivity contribution in [1.29, 1.82) is 0 Å². The van der Waals surface area contributed by atoms with Gasteiger partial charge in [0, 0.05) is 11.3 Å². The second-order valence-corrected chi connectivity index (χ2v) is 5.01. The number of carbonyl (C=O) groups is 1. The Morgan fingerprint density at radius 2 is 1.76 bits per heavy atom. The maximum atomic E-state index is 12.2. The van der Waals surface area contributed by atoms with Gasteiger partial charge in [-0.1, -0.05) is 36.4 Å². The molecule has 0 atom stereocenters. The van der Waals surface area contributed by atoms with Gasteiger partial charge < -0.3 is 0 Å². The lowest BCUT2D eigenvalue weighted by molar-refractivity contribution is 0.0945. The average molecular weight is 300 g/mol. The molecule has 5 nitrogen and oxygen atoms in total. The Morgan fingerprint density at radius 3 is 2.52 bits per heavy atom. The predicted octanol–water partition coefficient (Wildman–Crippen LogP) is 2.34. The number of nitrogens with zero attached hydrogens (tertiary/aromatic N) is 1. The summed E-state index contributed by atoms with van der Waals surface area (Å²) in [6.07, 6.45) is 0. The minimum absolute atomic E-state index is 0.227. The number of benzene rings is 2. The topological polar surface area (TPSA) is 65.5 Å². The summed E-state index contributed by atoms with van der Waals surface area (Å²) < 4.78 is 0. The van der Waals surface area contributed by atoms with Gasteiger partial charge in [0.25, 0.3) is 5.91 Å². The van der Waals surface area contributed by atoms with Crippen LogP contribution in [0, 0.1) is 0 Å². The largest absolute Gasteiger partial charge is 0.273 e. The number of hydrogen-bond donors (Lipinski definition) is 3. The fourth-order valence-electron chi connectivity index (χ4n) is 1.79. The molecule has 0 fully saturated rings. The van der Waals surface area contributed by atoms with Gasteiger partial charge in [-0.25, -0.2) is 0 Å². The van der Waals surface area contributed by atoms with Gasteiger partial charge in [-0.05, 0) is 42.9 Å². The fraction of sp³-hybridized carbons (Fsp3) is 0.133. The number of rotatable bonds is 2. The van der Waals surface area contributed by atoms with Gasteiger partial charge in [0.2, 0.25) is 5.11 Å². The van der Waals surface area contributed by atoms with E-state index in [1.165, 1.54) is 0 Å². The highest BCUT2D eigenvalue weighted by Crippen LogP contribution is 2.17. The van der Waals surface area contributed by atoms with Gasteiger partial charge in [0.1, 0.15) is 0 Å². The standard InChI is InChI=1S/C15H16N4OS/c1-10(2)16-18-15(21)19-17-14(20)13-9-5-7-11-6-3-4-8-12(11)13/h3-9H,1-2H3,(H,17,20)(H2,18,19,21). The Hall–Kier alpha value is -2.47. The molecular weight excluding hydrogens is 284 g/mol. The monoisotopic (exact) mass is 300 g/mol. The molecular formula is C15H16N4OS. The van der Waals surface area contributed by atoms with Crippen molar-refractivity contribution in [2.24, 2.45) is 5.10 Å². The summed E-state index contributed by atoms with van der Waals surface area (Å²) in [5.74, 6) is -0.256. The predicted molar refractivity (Wildman–Crippen MR) is 89.1 cm³/mol. The van der Waals surface area contributed by atoms with E-state index in [4.69, 9.17) is 12.2 Å². The van der Waals surface area contributed by atoms with Crippen molar-refractivity contribution in [2.75, 3.05) is 0 Å². The molecule has 0 bridgehead atoms. The van der Waals surface area contributed by atoms with Crippen LogP contribution in [-0.2, 0) is 0 Å². The van der Waals surface area contributed by atoms with E-state index in [1.54, 1.807) is 6.07 Å². The number of amides is 1. The van der Waals surface area contributed by atoms with Crippen molar-refractivity contribution in [3.05, 3.63) is 48.0 Å². The molecule has 0 heterocycles. The highest BCUT2D eigenvalue weighted by molar-refractivity contribution is 7.80. The number of thiocarbonyl (C=S) groups is 1. The molecule has 21 heavy (non-hydrogen) atoms. The Morgan fingerprint density at radius 1 is 1.05 bits per heavy atom. The van der Waals surface area contributed by atoms with E-state index in [9.17, 15) is 4.79 Å².